The lowest BCUT2D eigenvalue weighted by atomic mass is 9.93. The number of nitrogen functional groups attached to an aromatic ring is 1. The molecule has 6 nitrogen and oxygen atoms in total. The van der Waals surface area contributed by atoms with Gasteiger partial charge in [0.25, 0.3) is 0 Å². The molecular weight excluding hydrogens is 314 g/mol. The molecule has 25 heavy (non-hydrogen) atoms. The van der Waals surface area contributed by atoms with Crippen molar-refractivity contribution in [2.75, 3.05) is 23.7 Å². The Hall–Kier alpha value is -2.63. The molecule has 4 rings (SSSR count). The fourth-order valence-corrected chi connectivity index (χ4v) is 3.49. The van der Waals surface area contributed by atoms with Crippen molar-refractivity contribution in [2.24, 2.45) is 4.99 Å². The van der Waals surface area contributed by atoms with Gasteiger partial charge >= 0.3 is 0 Å². The first-order valence-electron chi connectivity index (χ1n) is 8.79. The molecule has 0 radical (unpaired) electrons. The van der Waals surface area contributed by atoms with Gasteiger partial charge in [0.05, 0.1) is 5.71 Å². The molecule has 1 aromatic carbocycles. The zero-order chi connectivity index (χ0) is 17.4. The van der Waals surface area contributed by atoms with Gasteiger partial charge in [-0.05, 0) is 45.2 Å². The molecule has 2 N–H and O–H groups in total. The van der Waals surface area contributed by atoms with Gasteiger partial charge in [0.1, 0.15) is 11.9 Å². The maximum absolute atomic E-state index is 6.04. The van der Waals surface area contributed by atoms with E-state index in [0.717, 1.165) is 24.4 Å². The zero-order valence-corrected chi connectivity index (χ0v) is 14.7. The van der Waals surface area contributed by atoms with Crippen molar-refractivity contribution in [3.63, 3.8) is 0 Å². The minimum atomic E-state index is -0.583. The van der Waals surface area contributed by atoms with Gasteiger partial charge in [-0.2, -0.15) is 4.98 Å². The van der Waals surface area contributed by atoms with Crippen molar-refractivity contribution < 1.29 is 4.74 Å². The van der Waals surface area contributed by atoms with Crippen LogP contribution in [0.1, 0.15) is 38.7 Å². The first kappa shape index (κ1) is 15.9. The van der Waals surface area contributed by atoms with Crippen molar-refractivity contribution in [3.8, 4) is 5.88 Å². The van der Waals surface area contributed by atoms with Crippen molar-refractivity contribution >= 4 is 22.9 Å². The fourth-order valence-electron chi connectivity index (χ4n) is 3.49. The number of piperidine rings is 1. The minimum Gasteiger partial charge on any atom is -0.463 e. The molecule has 1 fully saturated rings. The van der Waals surface area contributed by atoms with Crippen LogP contribution in [0.5, 0.6) is 5.88 Å². The molecule has 2 aliphatic rings. The summed E-state index contributed by atoms with van der Waals surface area (Å²) < 4.78 is 6.04. The standard InChI is InChI=1S/C19H23N5O/c1-19(2)16(23-15-17(20)21-12-22-18(15)25-19)13-6-8-14(9-7-13)24-10-4-3-5-11-24/h6-9,12H,3-5,10-11H2,1-2H3,(H2,20,21,22). The number of nitrogens with two attached hydrogens (primary N) is 1. The number of nitrogens with zero attached hydrogens (tertiary/aromatic N) is 4. The van der Waals surface area contributed by atoms with E-state index >= 15 is 0 Å². The van der Waals surface area contributed by atoms with E-state index in [9.17, 15) is 0 Å². The molecule has 1 saturated heterocycles. The van der Waals surface area contributed by atoms with E-state index in [-0.39, 0.29) is 0 Å². The number of ether oxygens (including phenoxy) is 1. The van der Waals surface area contributed by atoms with E-state index in [0.29, 0.717) is 17.4 Å². The van der Waals surface area contributed by atoms with Crippen LogP contribution in [0.2, 0.25) is 0 Å². The highest BCUT2D eigenvalue weighted by Crippen LogP contribution is 2.39. The SMILES string of the molecule is CC1(C)Oc2ncnc(N)c2N=C1c1ccc(N2CCCCC2)cc1. The van der Waals surface area contributed by atoms with E-state index in [1.807, 2.05) is 13.8 Å². The first-order chi connectivity index (χ1) is 12.0. The fraction of sp³-hybridized carbons (Fsp3) is 0.421. The topological polar surface area (TPSA) is 76.6 Å². The predicted octanol–water partition coefficient (Wildman–Crippen LogP) is 3.34. The van der Waals surface area contributed by atoms with Crippen molar-refractivity contribution in [1.29, 1.82) is 0 Å². The van der Waals surface area contributed by atoms with Crippen molar-refractivity contribution in [1.82, 2.24) is 9.97 Å². The third-order valence-electron chi connectivity index (χ3n) is 4.82. The molecule has 3 heterocycles. The van der Waals surface area contributed by atoms with E-state index in [2.05, 4.69) is 39.1 Å². The Labute approximate surface area is 147 Å². The minimum absolute atomic E-state index is 0.336. The molecule has 0 aliphatic carbocycles. The maximum atomic E-state index is 6.04. The largest absolute Gasteiger partial charge is 0.463 e. The molecule has 0 spiro atoms. The summed E-state index contributed by atoms with van der Waals surface area (Å²) >= 11 is 0. The smallest absolute Gasteiger partial charge is 0.246 e. The van der Waals surface area contributed by atoms with Gasteiger partial charge in [0.2, 0.25) is 5.88 Å². The lowest BCUT2D eigenvalue weighted by Gasteiger charge is -2.32. The van der Waals surface area contributed by atoms with Gasteiger partial charge in [-0.15, -0.1) is 0 Å². The summed E-state index contributed by atoms with van der Waals surface area (Å²) in [4.78, 5) is 15.3. The predicted molar refractivity (Wildman–Crippen MR) is 99.9 cm³/mol. The van der Waals surface area contributed by atoms with Crippen LogP contribution in [0.15, 0.2) is 35.6 Å². The number of rotatable bonds is 2. The number of benzene rings is 1. The molecule has 0 unspecified atom stereocenters. The Morgan fingerprint density at radius 3 is 2.48 bits per heavy atom. The second-order valence-electron chi connectivity index (χ2n) is 7.08. The average molecular weight is 337 g/mol. The molecule has 0 atom stereocenters. The second-order valence-corrected chi connectivity index (χ2v) is 7.08. The Kier molecular flexibility index (Phi) is 3.82. The lowest BCUT2D eigenvalue weighted by Crippen LogP contribution is -2.41. The summed E-state index contributed by atoms with van der Waals surface area (Å²) in [5.41, 5.74) is 9.01. The average Bonchev–Trinajstić information content (AvgIpc) is 2.62. The Bertz CT molecular complexity index is 807. The van der Waals surface area contributed by atoms with E-state index in [1.165, 1.54) is 31.3 Å². The zero-order valence-electron chi connectivity index (χ0n) is 14.7. The number of hydrogen-bond donors (Lipinski definition) is 1. The monoisotopic (exact) mass is 337 g/mol. The van der Waals surface area contributed by atoms with Crippen LogP contribution in [0.4, 0.5) is 17.2 Å². The van der Waals surface area contributed by atoms with Gasteiger partial charge in [-0.1, -0.05) is 12.1 Å². The summed E-state index contributed by atoms with van der Waals surface area (Å²) in [6, 6.07) is 8.55. The van der Waals surface area contributed by atoms with E-state index in [4.69, 9.17) is 15.5 Å². The summed E-state index contributed by atoms with van der Waals surface area (Å²) in [7, 11) is 0. The molecular formula is C19H23N5O. The van der Waals surface area contributed by atoms with Crippen LogP contribution in [0.25, 0.3) is 0 Å². The molecule has 130 valence electrons. The normalized spacial score (nSPS) is 19.0. The van der Waals surface area contributed by atoms with Gasteiger partial charge in [0, 0.05) is 24.3 Å². The number of aliphatic imine (C=N–C) groups is 1. The van der Waals surface area contributed by atoms with Gasteiger partial charge < -0.3 is 15.4 Å². The quantitative estimate of drug-likeness (QED) is 0.909. The van der Waals surface area contributed by atoms with Crippen molar-refractivity contribution in [2.45, 2.75) is 38.7 Å². The van der Waals surface area contributed by atoms with E-state index < -0.39 is 5.60 Å². The Morgan fingerprint density at radius 2 is 1.76 bits per heavy atom. The Morgan fingerprint density at radius 1 is 1.04 bits per heavy atom. The molecule has 2 aliphatic heterocycles. The third-order valence-corrected chi connectivity index (χ3v) is 4.82. The number of fused-ring (bicyclic) bond motifs is 1. The summed E-state index contributed by atoms with van der Waals surface area (Å²) in [5.74, 6) is 0.772. The van der Waals surface area contributed by atoms with Crippen LogP contribution < -0.4 is 15.4 Å². The maximum Gasteiger partial charge on any atom is 0.246 e. The highest BCUT2D eigenvalue weighted by atomic mass is 16.5. The highest BCUT2D eigenvalue weighted by molar-refractivity contribution is 6.09. The van der Waals surface area contributed by atoms with Gasteiger partial charge in [0.15, 0.2) is 11.5 Å². The second kappa shape index (κ2) is 6.02. The third kappa shape index (κ3) is 2.92. The van der Waals surface area contributed by atoms with Crippen LogP contribution in [-0.2, 0) is 0 Å². The van der Waals surface area contributed by atoms with Crippen LogP contribution in [-0.4, -0.2) is 34.4 Å². The summed E-state index contributed by atoms with van der Waals surface area (Å²) in [6.45, 7) is 6.25. The van der Waals surface area contributed by atoms with Gasteiger partial charge in [-0.25, -0.2) is 9.98 Å². The summed E-state index contributed by atoms with van der Waals surface area (Å²) in [6.07, 6.45) is 5.27. The van der Waals surface area contributed by atoms with E-state index in [1.54, 1.807) is 0 Å². The number of hydrogen-bond acceptors (Lipinski definition) is 6. The lowest BCUT2D eigenvalue weighted by molar-refractivity contribution is 0.171. The first-order valence-corrected chi connectivity index (χ1v) is 8.79. The molecule has 1 aromatic heterocycles. The number of anilines is 2. The van der Waals surface area contributed by atoms with Crippen LogP contribution in [0, 0.1) is 0 Å². The molecule has 6 heteroatoms. The molecule has 0 saturated carbocycles. The van der Waals surface area contributed by atoms with Crippen LogP contribution in [0.3, 0.4) is 0 Å². The number of aromatic nitrogens is 2. The molecule has 0 amide bonds. The molecule has 0 bridgehead atoms. The van der Waals surface area contributed by atoms with Gasteiger partial charge in [-0.3, -0.25) is 0 Å². The van der Waals surface area contributed by atoms with Crippen LogP contribution >= 0.6 is 0 Å². The molecule has 2 aromatic rings. The van der Waals surface area contributed by atoms with Crippen molar-refractivity contribution in [3.05, 3.63) is 36.2 Å². The highest BCUT2D eigenvalue weighted by Gasteiger charge is 2.35. The Balaban J connectivity index is 1.69. The summed E-state index contributed by atoms with van der Waals surface area (Å²) in [5, 5.41) is 0.